The third-order valence-electron chi connectivity index (χ3n) is 2.72. The maximum atomic E-state index is 13.8. The summed E-state index contributed by atoms with van der Waals surface area (Å²) in [5.41, 5.74) is 6.53. The summed E-state index contributed by atoms with van der Waals surface area (Å²) in [6.45, 7) is 4.45. The molecule has 0 unspecified atom stereocenters. The van der Waals surface area contributed by atoms with Crippen molar-refractivity contribution in [2.75, 3.05) is 0 Å². The van der Waals surface area contributed by atoms with Crippen LogP contribution in [0, 0.1) is 17.6 Å². The molecule has 2 N–H and O–H groups in total. The summed E-state index contributed by atoms with van der Waals surface area (Å²) < 4.78 is 27.9. The quantitative estimate of drug-likeness (QED) is 0.886. The third-order valence-corrected chi connectivity index (χ3v) is 3.98. The molecule has 0 saturated heterocycles. The molecule has 92 valence electrons. The topological polar surface area (TPSA) is 26.0 Å². The molecule has 0 amide bonds. The number of hydrogen-bond donors (Lipinski definition) is 1. The Bertz CT molecular complexity index is 546. The highest BCUT2D eigenvalue weighted by Crippen LogP contribution is 2.36. The number of nitrogens with two attached hydrogens (primary N) is 1. The van der Waals surface area contributed by atoms with E-state index in [9.17, 15) is 8.78 Å². The second-order valence-corrected chi connectivity index (χ2v) is 5.64. The molecule has 1 aromatic carbocycles. The summed E-state index contributed by atoms with van der Waals surface area (Å²) in [6, 6.07) is 2.36. The van der Waals surface area contributed by atoms with Crippen molar-refractivity contribution in [3.63, 3.8) is 0 Å². The van der Waals surface area contributed by atoms with Gasteiger partial charge < -0.3 is 5.73 Å². The lowest BCUT2D eigenvalue weighted by atomic mass is 9.99. The standard InChI is InChI=1S/C13H15F2NS/c1-7(2)5-8-11(6-16)17-13-10(15)4-3-9(14)12(8)13/h3-4,7H,5-6,16H2,1-2H3. The molecular formula is C13H15F2NS. The van der Waals surface area contributed by atoms with E-state index >= 15 is 0 Å². The Labute approximate surface area is 103 Å². The summed E-state index contributed by atoms with van der Waals surface area (Å²) >= 11 is 1.27. The van der Waals surface area contributed by atoms with Gasteiger partial charge in [-0.2, -0.15) is 0 Å². The smallest absolute Gasteiger partial charge is 0.141 e. The highest BCUT2D eigenvalue weighted by molar-refractivity contribution is 7.19. The number of benzene rings is 1. The Balaban J connectivity index is 2.73. The number of rotatable bonds is 3. The van der Waals surface area contributed by atoms with Crippen molar-refractivity contribution in [2.24, 2.45) is 11.7 Å². The zero-order chi connectivity index (χ0) is 12.6. The Hall–Kier alpha value is -1.00. The second kappa shape index (κ2) is 4.70. The molecule has 1 aromatic heterocycles. The number of thiophene rings is 1. The van der Waals surface area contributed by atoms with Gasteiger partial charge in [0.05, 0.1) is 4.70 Å². The van der Waals surface area contributed by atoms with E-state index in [2.05, 4.69) is 13.8 Å². The average Bonchev–Trinajstić information content (AvgIpc) is 2.63. The van der Waals surface area contributed by atoms with Crippen molar-refractivity contribution in [3.05, 3.63) is 34.2 Å². The molecular weight excluding hydrogens is 240 g/mol. The van der Waals surface area contributed by atoms with E-state index in [0.29, 0.717) is 22.5 Å². The molecule has 0 atom stereocenters. The molecule has 1 nitrogen and oxygen atoms in total. The first-order valence-corrected chi connectivity index (χ1v) is 6.44. The number of halogens is 2. The largest absolute Gasteiger partial charge is 0.326 e. The minimum atomic E-state index is -0.365. The van der Waals surface area contributed by atoms with Gasteiger partial charge in [-0.15, -0.1) is 11.3 Å². The van der Waals surface area contributed by atoms with Crippen LogP contribution in [-0.4, -0.2) is 0 Å². The molecule has 2 aromatic rings. The average molecular weight is 255 g/mol. The molecule has 0 aliphatic rings. The van der Waals surface area contributed by atoms with Crippen LogP contribution in [0.15, 0.2) is 12.1 Å². The van der Waals surface area contributed by atoms with Crippen LogP contribution in [-0.2, 0) is 13.0 Å². The van der Waals surface area contributed by atoms with Crippen LogP contribution < -0.4 is 5.73 Å². The van der Waals surface area contributed by atoms with Crippen molar-refractivity contribution in [3.8, 4) is 0 Å². The van der Waals surface area contributed by atoms with Crippen LogP contribution in [0.25, 0.3) is 10.1 Å². The zero-order valence-corrected chi connectivity index (χ0v) is 10.7. The molecule has 17 heavy (non-hydrogen) atoms. The van der Waals surface area contributed by atoms with Gasteiger partial charge in [0.1, 0.15) is 11.6 Å². The fraction of sp³-hybridized carbons (Fsp3) is 0.385. The predicted molar refractivity (Wildman–Crippen MR) is 68.2 cm³/mol. The molecule has 0 aliphatic heterocycles. The number of fused-ring (bicyclic) bond motifs is 1. The zero-order valence-electron chi connectivity index (χ0n) is 9.89. The van der Waals surface area contributed by atoms with Crippen LogP contribution in [0.4, 0.5) is 8.78 Å². The van der Waals surface area contributed by atoms with Gasteiger partial charge in [-0.1, -0.05) is 13.8 Å². The molecule has 0 spiro atoms. The van der Waals surface area contributed by atoms with Crippen LogP contribution in [0.1, 0.15) is 24.3 Å². The normalized spacial score (nSPS) is 11.6. The van der Waals surface area contributed by atoms with E-state index in [-0.39, 0.29) is 11.6 Å². The van der Waals surface area contributed by atoms with E-state index in [1.165, 1.54) is 23.5 Å². The molecule has 0 radical (unpaired) electrons. The van der Waals surface area contributed by atoms with Gasteiger partial charge in [-0.25, -0.2) is 8.78 Å². The predicted octanol–water partition coefficient (Wildman–Crippen LogP) is 3.84. The van der Waals surface area contributed by atoms with Crippen molar-refractivity contribution in [1.29, 1.82) is 0 Å². The molecule has 2 rings (SSSR count). The fourth-order valence-corrected chi connectivity index (χ4v) is 3.15. The number of hydrogen-bond acceptors (Lipinski definition) is 2. The van der Waals surface area contributed by atoms with E-state index in [4.69, 9.17) is 5.73 Å². The molecule has 0 fully saturated rings. The van der Waals surface area contributed by atoms with Crippen molar-refractivity contribution in [1.82, 2.24) is 0 Å². The first-order chi connectivity index (χ1) is 8.04. The van der Waals surface area contributed by atoms with Gasteiger partial charge in [0.15, 0.2) is 0 Å². The fourth-order valence-electron chi connectivity index (χ4n) is 2.03. The lowest BCUT2D eigenvalue weighted by Crippen LogP contribution is -2.01. The van der Waals surface area contributed by atoms with Crippen LogP contribution in [0.5, 0.6) is 0 Å². The lowest BCUT2D eigenvalue weighted by molar-refractivity contribution is 0.614. The summed E-state index contributed by atoms with van der Waals surface area (Å²) in [7, 11) is 0. The van der Waals surface area contributed by atoms with Gasteiger partial charge in [-0.3, -0.25) is 0 Å². The third kappa shape index (κ3) is 2.19. The Morgan fingerprint density at radius 2 is 1.88 bits per heavy atom. The monoisotopic (exact) mass is 255 g/mol. The Morgan fingerprint density at radius 1 is 1.24 bits per heavy atom. The summed E-state index contributed by atoms with van der Waals surface area (Å²) in [5, 5.41) is 0.421. The van der Waals surface area contributed by atoms with Crippen molar-refractivity contribution >= 4 is 21.4 Å². The van der Waals surface area contributed by atoms with Crippen molar-refractivity contribution in [2.45, 2.75) is 26.8 Å². The SMILES string of the molecule is CC(C)Cc1c(CN)sc2c(F)ccc(F)c12. The Kier molecular flexibility index (Phi) is 3.45. The van der Waals surface area contributed by atoms with Gasteiger partial charge in [-0.05, 0) is 30.0 Å². The van der Waals surface area contributed by atoms with Crippen LogP contribution >= 0.6 is 11.3 Å². The maximum Gasteiger partial charge on any atom is 0.141 e. The molecule has 1 heterocycles. The van der Waals surface area contributed by atoms with Crippen LogP contribution in [0.3, 0.4) is 0 Å². The highest BCUT2D eigenvalue weighted by Gasteiger charge is 2.18. The minimum Gasteiger partial charge on any atom is -0.326 e. The highest BCUT2D eigenvalue weighted by atomic mass is 32.1. The lowest BCUT2D eigenvalue weighted by Gasteiger charge is -2.06. The van der Waals surface area contributed by atoms with E-state index in [0.717, 1.165) is 16.9 Å². The summed E-state index contributed by atoms with van der Waals surface area (Å²) in [4.78, 5) is 0.887. The van der Waals surface area contributed by atoms with Gasteiger partial charge in [0.2, 0.25) is 0 Å². The molecule has 0 aliphatic carbocycles. The maximum absolute atomic E-state index is 13.8. The first kappa shape index (κ1) is 12.5. The minimum absolute atomic E-state index is 0.334. The van der Waals surface area contributed by atoms with Gasteiger partial charge in [0, 0.05) is 16.8 Å². The first-order valence-electron chi connectivity index (χ1n) is 5.63. The van der Waals surface area contributed by atoms with Gasteiger partial charge >= 0.3 is 0 Å². The molecule has 0 saturated carbocycles. The van der Waals surface area contributed by atoms with Gasteiger partial charge in [0.25, 0.3) is 0 Å². The van der Waals surface area contributed by atoms with E-state index in [1.54, 1.807) is 0 Å². The van der Waals surface area contributed by atoms with Crippen LogP contribution in [0.2, 0.25) is 0 Å². The molecule has 0 bridgehead atoms. The summed E-state index contributed by atoms with van der Waals surface area (Å²) in [5.74, 6) is -0.329. The molecule has 4 heteroatoms. The van der Waals surface area contributed by atoms with E-state index < -0.39 is 0 Å². The summed E-state index contributed by atoms with van der Waals surface area (Å²) in [6.07, 6.45) is 0.729. The Morgan fingerprint density at radius 3 is 2.47 bits per heavy atom. The van der Waals surface area contributed by atoms with Crippen molar-refractivity contribution < 1.29 is 8.78 Å². The second-order valence-electron chi connectivity index (χ2n) is 4.54. The van der Waals surface area contributed by atoms with E-state index in [1.807, 2.05) is 0 Å².